The van der Waals surface area contributed by atoms with Gasteiger partial charge in [0.15, 0.2) is 6.29 Å². The van der Waals surface area contributed by atoms with Crippen molar-refractivity contribution in [3.05, 3.63) is 0 Å². The molecule has 6 heteroatoms. The van der Waals surface area contributed by atoms with Crippen LogP contribution in [0.25, 0.3) is 0 Å². The van der Waals surface area contributed by atoms with E-state index in [1.807, 2.05) is 0 Å². The largest absolute Gasteiger partial charge is 0.394 e. The third-order valence-electron chi connectivity index (χ3n) is 2.29. The van der Waals surface area contributed by atoms with Crippen LogP contribution in [0.5, 0.6) is 0 Å². The molecule has 1 saturated heterocycles. The number of aliphatic hydroxyl groups is 5. The molecule has 1 unspecified atom stereocenters. The van der Waals surface area contributed by atoms with E-state index in [1.165, 1.54) is 0 Å². The van der Waals surface area contributed by atoms with Gasteiger partial charge in [0.25, 0.3) is 0 Å². The molecule has 0 radical (unpaired) electrons. The molecule has 1 aliphatic rings. The van der Waals surface area contributed by atoms with Crippen molar-refractivity contribution >= 4 is 0 Å². The smallest absolute Gasteiger partial charge is 0.186 e. The van der Waals surface area contributed by atoms with Crippen LogP contribution in [-0.4, -0.2) is 62.3 Å². The molecule has 78 valence electrons. The van der Waals surface area contributed by atoms with Crippen molar-refractivity contribution in [3.63, 3.8) is 0 Å². The summed E-state index contributed by atoms with van der Waals surface area (Å²) in [4.78, 5) is 0. The van der Waals surface area contributed by atoms with E-state index >= 15 is 0 Å². The van der Waals surface area contributed by atoms with Gasteiger partial charge in [-0.2, -0.15) is 0 Å². The minimum Gasteiger partial charge on any atom is -0.394 e. The van der Waals surface area contributed by atoms with E-state index in [0.29, 0.717) is 0 Å². The summed E-state index contributed by atoms with van der Waals surface area (Å²) in [7, 11) is 0. The third-order valence-corrected chi connectivity index (χ3v) is 2.29. The van der Waals surface area contributed by atoms with Crippen LogP contribution in [0.3, 0.4) is 0 Å². The Morgan fingerprint density at radius 3 is 2.31 bits per heavy atom. The second-order valence-electron chi connectivity index (χ2n) is 3.37. The fraction of sp³-hybridized carbons (Fsp3) is 1.00. The van der Waals surface area contributed by atoms with Gasteiger partial charge >= 0.3 is 0 Å². The van der Waals surface area contributed by atoms with E-state index in [4.69, 9.17) is 5.11 Å². The van der Waals surface area contributed by atoms with Crippen LogP contribution in [0.2, 0.25) is 0 Å². The lowest BCUT2D eigenvalue weighted by Gasteiger charge is -2.43. The maximum absolute atomic E-state index is 9.43. The fourth-order valence-corrected chi connectivity index (χ4v) is 1.23. The van der Waals surface area contributed by atoms with Crippen molar-refractivity contribution in [3.8, 4) is 0 Å². The van der Waals surface area contributed by atoms with Crippen LogP contribution in [0.15, 0.2) is 0 Å². The quantitative estimate of drug-likeness (QED) is 0.308. The molecule has 1 heterocycles. The predicted octanol–water partition coefficient (Wildman–Crippen LogP) is -2.83. The van der Waals surface area contributed by atoms with Gasteiger partial charge in [0.2, 0.25) is 0 Å². The first kappa shape index (κ1) is 10.8. The molecule has 1 aliphatic heterocycles. The fourth-order valence-electron chi connectivity index (χ4n) is 1.23. The van der Waals surface area contributed by atoms with Crippen molar-refractivity contribution in [1.82, 2.24) is 0 Å². The van der Waals surface area contributed by atoms with Gasteiger partial charge in [-0.3, -0.25) is 0 Å². The minimum atomic E-state index is -1.93. The van der Waals surface area contributed by atoms with Gasteiger partial charge in [0, 0.05) is 0 Å². The predicted molar refractivity (Wildman–Crippen MR) is 40.6 cm³/mol. The average Bonchev–Trinajstić information content (AvgIpc) is 2.09. The molecule has 5 atom stereocenters. The van der Waals surface area contributed by atoms with Gasteiger partial charge in [0.1, 0.15) is 23.9 Å². The SMILES string of the molecule is C[C@]1(O)C(O)O[C@H](CO)[C@@H](O)[C@@H]1O. The third kappa shape index (κ3) is 1.69. The molecule has 0 bridgehead atoms. The van der Waals surface area contributed by atoms with Crippen molar-refractivity contribution in [2.75, 3.05) is 6.61 Å². The Morgan fingerprint density at radius 1 is 1.31 bits per heavy atom. The maximum atomic E-state index is 9.43. The summed E-state index contributed by atoms with van der Waals surface area (Å²) in [5, 5.41) is 45.9. The van der Waals surface area contributed by atoms with E-state index in [-0.39, 0.29) is 0 Å². The Morgan fingerprint density at radius 2 is 1.85 bits per heavy atom. The molecule has 6 nitrogen and oxygen atoms in total. The summed E-state index contributed by atoms with van der Waals surface area (Å²) >= 11 is 0. The molecule has 13 heavy (non-hydrogen) atoms. The first-order valence-electron chi connectivity index (χ1n) is 3.94. The van der Waals surface area contributed by atoms with Crippen LogP contribution in [0, 0.1) is 0 Å². The van der Waals surface area contributed by atoms with Crippen LogP contribution < -0.4 is 0 Å². The van der Waals surface area contributed by atoms with Crippen molar-refractivity contribution in [2.24, 2.45) is 0 Å². The maximum Gasteiger partial charge on any atom is 0.186 e. The van der Waals surface area contributed by atoms with Gasteiger partial charge < -0.3 is 30.3 Å². The van der Waals surface area contributed by atoms with Gasteiger partial charge in [-0.15, -0.1) is 0 Å². The molecule has 1 rings (SSSR count). The molecule has 1 fully saturated rings. The first-order valence-corrected chi connectivity index (χ1v) is 3.94. The molecule has 0 saturated carbocycles. The summed E-state index contributed by atoms with van der Waals surface area (Å²) in [6.45, 7) is 0.602. The Labute approximate surface area is 75.0 Å². The standard InChI is InChI=1S/C7H14O6/c1-7(12)5(10)4(9)3(2-8)13-6(7)11/h3-6,8-12H,2H2,1H3/t3-,4-,5+,6?,7-/m1/s1. The van der Waals surface area contributed by atoms with Gasteiger partial charge in [-0.25, -0.2) is 0 Å². The van der Waals surface area contributed by atoms with Crippen molar-refractivity contribution in [2.45, 2.75) is 37.1 Å². The molecule has 5 N–H and O–H groups in total. The zero-order chi connectivity index (χ0) is 10.2. The normalized spacial score (nSPS) is 52.2. The summed E-state index contributed by atoms with van der Waals surface area (Å²) < 4.78 is 4.68. The monoisotopic (exact) mass is 194 g/mol. The molecular formula is C7H14O6. The van der Waals surface area contributed by atoms with Gasteiger partial charge in [-0.1, -0.05) is 0 Å². The molecule has 0 spiro atoms. The number of hydrogen-bond acceptors (Lipinski definition) is 6. The van der Waals surface area contributed by atoms with Gasteiger partial charge in [-0.05, 0) is 6.92 Å². The van der Waals surface area contributed by atoms with Crippen molar-refractivity contribution in [1.29, 1.82) is 0 Å². The average molecular weight is 194 g/mol. The molecule has 0 aromatic rings. The summed E-state index contributed by atoms with van der Waals surface area (Å²) in [6.07, 6.45) is -5.66. The van der Waals surface area contributed by atoms with Crippen LogP contribution >= 0.6 is 0 Å². The molecule has 0 aliphatic carbocycles. The Kier molecular flexibility index (Phi) is 2.91. The highest BCUT2D eigenvalue weighted by Crippen LogP contribution is 2.27. The second kappa shape index (κ2) is 3.49. The summed E-state index contributed by atoms with van der Waals surface area (Å²) in [6, 6.07) is 0. The zero-order valence-electron chi connectivity index (χ0n) is 7.16. The lowest BCUT2D eigenvalue weighted by atomic mass is 9.88. The lowest BCUT2D eigenvalue weighted by molar-refractivity contribution is -0.323. The molecule has 0 aromatic carbocycles. The lowest BCUT2D eigenvalue weighted by Crippen LogP contribution is -2.65. The second-order valence-corrected chi connectivity index (χ2v) is 3.37. The highest BCUT2D eigenvalue weighted by atomic mass is 16.6. The number of ether oxygens (including phenoxy) is 1. The van der Waals surface area contributed by atoms with E-state index in [1.54, 1.807) is 0 Å². The van der Waals surface area contributed by atoms with E-state index < -0.39 is 36.8 Å². The van der Waals surface area contributed by atoms with Gasteiger partial charge in [0.05, 0.1) is 6.61 Å². The van der Waals surface area contributed by atoms with Crippen LogP contribution in [0.1, 0.15) is 6.92 Å². The summed E-state index contributed by atoms with van der Waals surface area (Å²) in [5.41, 5.74) is -1.93. The number of hydrogen-bond donors (Lipinski definition) is 5. The number of rotatable bonds is 1. The number of aliphatic hydroxyl groups excluding tert-OH is 4. The van der Waals surface area contributed by atoms with Crippen LogP contribution in [-0.2, 0) is 4.74 Å². The Hall–Kier alpha value is -0.240. The summed E-state index contributed by atoms with van der Waals surface area (Å²) in [5.74, 6) is 0. The molecule has 0 aromatic heterocycles. The topological polar surface area (TPSA) is 110 Å². The molecular weight excluding hydrogens is 180 g/mol. The Balaban J connectivity index is 2.79. The minimum absolute atomic E-state index is 0.536. The van der Waals surface area contributed by atoms with E-state index in [9.17, 15) is 20.4 Å². The highest BCUT2D eigenvalue weighted by molar-refractivity contribution is 4.96. The molecule has 0 amide bonds. The van der Waals surface area contributed by atoms with Crippen molar-refractivity contribution < 1.29 is 30.3 Å². The Bertz CT molecular complexity index is 182. The highest BCUT2D eigenvalue weighted by Gasteiger charge is 2.50. The van der Waals surface area contributed by atoms with E-state index in [0.717, 1.165) is 6.92 Å². The first-order chi connectivity index (χ1) is 5.91. The van der Waals surface area contributed by atoms with E-state index in [2.05, 4.69) is 4.74 Å². The van der Waals surface area contributed by atoms with Crippen LogP contribution in [0.4, 0.5) is 0 Å². The zero-order valence-corrected chi connectivity index (χ0v) is 7.16.